The van der Waals surface area contributed by atoms with Crippen molar-refractivity contribution in [2.75, 3.05) is 6.54 Å². The van der Waals surface area contributed by atoms with Crippen LogP contribution in [0.4, 0.5) is 0 Å². The van der Waals surface area contributed by atoms with Crippen molar-refractivity contribution in [3.8, 4) is 0 Å². The summed E-state index contributed by atoms with van der Waals surface area (Å²) in [6.45, 7) is 4.23. The van der Waals surface area contributed by atoms with Gasteiger partial charge in [0.05, 0.1) is 15.2 Å². The standard InChI is InChI=1S/C27H28ClN3OS/c1-2-26(32)29-23(16-27-30-24-14-13-22(28)15-25(24)33-27)19-31(17-20-9-5-3-6-10-20)18-21-11-7-4-8-12-21/h3-15,23H,2,16-19H2,1H3,(H,29,32)/t23-/m0/s1. The molecule has 0 fully saturated rings. The summed E-state index contributed by atoms with van der Waals surface area (Å²) < 4.78 is 1.07. The van der Waals surface area contributed by atoms with Gasteiger partial charge in [-0.05, 0) is 29.3 Å². The molecule has 4 rings (SSSR count). The number of amides is 1. The highest BCUT2D eigenvalue weighted by atomic mass is 35.5. The van der Waals surface area contributed by atoms with E-state index in [9.17, 15) is 4.79 Å². The third-order valence-electron chi connectivity index (χ3n) is 5.48. The molecule has 3 aromatic carbocycles. The molecule has 0 aliphatic carbocycles. The molecule has 1 atom stereocenters. The molecule has 1 aromatic heterocycles. The largest absolute Gasteiger partial charge is 0.352 e. The van der Waals surface area contributed by atoms with Gasteiger partial charge in [-0.3, -0.25) is 9.69 Å². The molecule has 0 radical (unpaired) electrons. The van der Waals surface area contributed by atoms with E-state index in [0.29, 0.717) is 17.9 Å². The molecule has 0 aliphatic rings. The van der Waals surface area contributed by atoms with E-state index in [2.05, 4.69) is 58.7 Å². The molecular formula is C27H28ClN3OS. The number of halogens is 1. The number of benzene rings is 3. The fourth-order valence-electron chi connectivity index (χ4n) is 3.92. The monoisotopic (exact) mass is 477 g/mol. The van der Waals surface area contributed by atoms with Gasteiger partial charge in [0.15, 0.2) is 0 Å². The number of nitrogens with one attached hydrogen (secondary N) is 1. The van der Waals surface area contributed by atoms with Crippen LogP contribution < -0.4 is 5.32 Å². The lowest BCUT2D eigenvalue weighted by Crippen LogP contribution is -2.44. The number of rotatable bonds is 10. The number of thiazole rings is 1. The smallest absolute Gasteiger partial charge is 0.219 e. The van der Waals surface area contributed by atoms with Gasteiger partial charge in [0.2, 0.25) is 5.91 Å². The van der Waals surface area contributed by atoms with Crippen LogP contribution in [0.1, 0.15) is 29.5 Å². The summed E-state index contributed by atoms with van der Waals surface area (Å²) in [6.07, 6.45) is 1.14. The van der Waals surface area contributed by atoms with Gasteiger partial charge >= 0.3 is 0 Å². The van der Waals surface area contributed by atoms with Gasteiger partial charge in [-0.1, -0.05) is 79.2 Å². The summed E-state index contributed by atoms with van der Waals surface area (Å²) in [5.41, 5.74) is 3.46. The quantitative estimate of drug-likeness (QED) is 0.300. The van der Waals surface area contributed by atoms with Crippen molar-refractivity contribution in [1.29, 1.82) is 0 Å². The molecular weight excluding hydrogens is 450 g/mol. The van der Waals surface area contributed by atoms with Crippen molar-refractivity contribution in [2.45, 2.75) is 38.9 Å². The lowest BCUT2D eigenvalue weighted by Gasteiger charge is -2.28. The van der Waals surface area contributed by atoms with Crippen LogP contribution in [0.3, 0.4) is 0 Å². The van der Waals surface area contributed by atoms with Gasteiger partial charge in [0, 0.05) is 43.5 Å². The fourth-order valence-corrected chi connectivity index (χ4v) is 5.24. The molecule has 6 heteroatoms. The maximum Gasteiger partial charge on any atom is 0.219 e. The van der Waals surface area contributed by atoms with Crippen LogP contribution in [0.5, 0.6) is 0 Å². The molecule has 1 N–H and O–H groups in total. The summed E-state index contributed by atoms with van der Waals surface area (Å²) in [4.78, 5) is 19.6. The molecule has 0 aliphatic heterocycles. The zero-order valence-electron chi connectivity index (χ0n) is 18.7. The van der Waals surface area contributed by atoms with E-state index < -0.39 is 0 Å². The molecule has 0 saturated heterocycles. The number of fused-ring (bicyclic) bond motifs is 1. The van der Waals surface area contributed by atoms with Crippen molar-refractivity contribution < 1.29 is 4.79 Å². The first-order valence-corrected chi connectivity index (χ1v) is 12.4. The summed E-state index contributed by atoms with van der Waals surface area (Å²) in [6, 6.07) is 26.7. The van der Waals surface area contributed by atoms with E-state index in [4.69, 9.17) is 16.6 Å². The molecule has 0 unspecified atom stereocenters. The van der Waals surface area contributed by atoms with Crippen LogP contribution in [0.15, 0.2) is 78.9 Å². The SMILES string of the molecule is CCC(=O)N[C@@H](Cc1nc2ccc(Cl)cc2s1)CN(Cc1ccccc1)Cc1ccccc1. The van der Waals surface area contributed by atoms with Crippen LogP contribution in [0.25, 0.3) is 10.2 Å². The van der Waals surface area contributed by atoms with Gasteiger partial charge in [0.1, 0.15) is 0 Å². The molecule has 170 valence electrons. The zero-order chi connectivity index (χ0) is 23.0. The molecule has 4 nitrogen and oxygen atoms in total. The number of hydrogen-bond donors (Lipinski definition) is 1. The van der Waals surface area contributed by atoms with Gasteiger partial charge < -0.3 is 5.32 Å². The first-order valence-electron chi connectivity index (χ1n) is 11.2. The lowest BCUT2D eigenvalue weighted by molar-refractivity contribution is -0.121. The summed E-state index contributed by atoms with van der Waals surface area (Å²) >= 11 is 7.80. The Bertz CT molecular complexity index is 1140. The van der Waals surface area contributed by atoms with E-state index >= 15 is 0 Å². The van der Waals surface area contributed by atoms with E-state index in [1.165, 1.54) is 11.1 Å². The Hall–Kier alpha value is -2.73. The Labute approximate surface area is 204 Å². The Balaban J connectivity index is 1.56. The summed E-state index contributed by atoms with van der Waals surface area (Å²) in [7, 11) is 0. The predicted octanol–water partition coefficient (Wildman–Crippen LogP) is 6.09. The van der Waals surface area contributed by atoms with E-state index in [1.807, 2.05) is 37.3 Å². The van der Waals surface area contributed by atoms with Crippen molar-refractivity contribution in [2.24, 2.45) is 0 Å². The highest BCUT2D eigenvalue weighted by molar-refractivity contribution is 7.18. The van der Waals surface area contributed by atoms with Crippen LogP contribution in [-0.2, 0) is 24.3 Å². The highest BCUT2D eigenvalue weighted by Gasteiger charge is 2.19. The second kappa shape index (κ2) is 11.4. The van der Waals surface area contributed by atoms with Crippen molar-refractivity contribution in [3.63, 3.8) is 0 Å². The number of hydrogen-bond acceptors (Lipinski definition) is 4. The predicted molar refractivity (Wildman–Crippen MR) is 138 cm³/mol. The molecule has 0 saturated carbocycles. The van der Waals surface area contributed by atoms with E-state index in [0.717, 1.165) is 34.9 Å². The fraction of sp³-hybridized carbons (Fsp3) is 0.259. The average Bonchev–Trinajstić information content (AvgIpc) is 3.21. The minimum atomic E-state index is -0.0408. The number of nitrogens with zero attached hydrogens (tertiary/aromatic N) is 2. The van der Waals surface area contributed by atoms with Crippen LogP contribution >= 0.6 is 22.9 Å². The zero-order valence-corrected chi connectivity index (χ0v) is 20.3. The first-order chi connectivity index (χ1) is 16.1. The third-order valence-corrected chi connectivity index (χ3v) is 6.75. The van der Waals surface area contributed by atoms with Crippen LogP contribution in [-0.4, -0.2) is 28.4 Å². The lowest BCUT2D eigenvalue weighted by atomic mass is 10.1. The summed E-state index contributed by atoms with van der Waals surface area (Å²) in [5.74, 6) is 0.0588. The first kappa shape index (κ1) is 23.4. The second-order valence-corrected chi connectivity index (χ2v) is 9.73. The van der Waals surface area contributed by atoms with E-state index in [1.54, 1.807) is 11.3 Å². The maximum atomic E-state index is 12.4. The molecule has 1 heterocycles. The van der Waals surface area contributed by atoms with Crippen LogP contribution in [0, 0.1) is 0 Å². The van der Waals surface area contributed by atoms with Gasteiger partial charge in [-0.15, -0.1) is 11.3 Å². The number of carbonyl (C=O) groups is 1. The van der Waals surface area contributed by atoms with Crippen molar-refractivity contribution in [3.05, 3.63) is 100 Å². The Morgan fingerprint density at radius 3 is 2.24 bits per heavy atom. The van der Waals surface area contributed by atoms with Gasteiger partial charge in [0.25, 0.3) is 0 Å². The van der Waals surface area contributed by atoms with Gasteiger partial charge in [-0.2, -0.15) is 0 Å². The second-order valence-electron chi connectivity index (χ2n) is 8.18. The Morgan fingerprint density at radius 2 is 1.64 bits per heavy atom. The minimum Gasteiger partial charge on any atom is -0.352 e. The molecule has 1 amide bonds. The average molecular weight is 478 g/mol. The van der Waals surface area contributed by atoms with Crippen molar-refractivity contribution in [1.82, 2.24) is 15.2 Å². The number of carbonyl (C=O) groups excluding carboxylic acids is 1. The maximum absolute atomic E-state index is 12.4. The molecule has 4 aromatic rings. The normalized spacial score (nSPS) is 12.2. The van der Waals surface area contributed by atoms with Gasteiger partial charge in [-0.25, -0.2) is 4.98 Å². The minimum absolute atomic E-state index is 0.0408. The topological polar surface area (TPSA) is 45.2 Å². The molecule has 0 bridgehead atoms. The highest BCUT2D eigenvalue weighted by Crippen LogP contribution is 2.26. The van der Waals surface area contributed by atoms with E-state index in [-0.39, 0.29) is 11.9 Å². The Kier molecular flexibility index (Phi) is 8.10. The molecule has 33 heavy (non-hydrogen) atoms. The summed E-state index contributed by atoms with van der Waals surface area (Å²) in [5, 5.41) is 4.95. The molecule has 0 spiro atoms. The number of aromatic nitrogens is 1. The van der Waals surface area contributed by atoms with Crippen molar-refractivity contribution >= 4 is 39.1 Å². The Morgan fingerprint density at radius 1 is 1.00 bits per heavy atom. The van der Waals surface area contributed by atoms with Crippen LogP contribution in [0.2, 0.25) is 5.02 Å². The third kappa shape index (κ3) is 6.87.